The Morgan fingerprint density at radius 3 is 2.01 bits per heavy atom. The van der Waals surface area contributed by atoms with Crippen LogP contribution < -0.4 is 60.6 Å². The number of carbonyl (C=O) groups is 11. The quantitative estimate of drug-likeness (QED) is 0.0290. The molecule has 4 rings (SSSR count). The van der Waals surface area contributed by atoms with Crippen LogP contribution in [-0.4, -0.2) is 165 Å². The van der Waals surface area contributed by atoms with Gasteiger partial charge in [0.05, 0.1) is 6.42 Å². The second-order valence-corrected chi connectivity index (χ2v) is 23.7. The van der Waals surface area contributed by atoms with Crippen molar-refractivity contribution in [1.29, 1.82) is 0 Å². The fourth-order valence-electron chi connectivity index (χ4n) is 8.86. The third kappa shape index (κ3) is 20.6. The number of hydrogen-bond acceptors (Lipinski definition) is 15. The number of likely N-dealkylation sites (tertiary alicyclic amines) is 1. The van der Waals surface area contributed by atoms with E-state index in [0.717, 1.165) is 10.8 Å². The van der Waals surface area contributed by atoms with E-state index in [1.807, 2.05) is 0 Å². The molecule has 80 heavy (non-hydrogen) atoms. The van der Waals surface area contributed by atoms with E-state index in [1.165, 1.54) is 39.8 Å². The third-order valence-corrected chi connectivity index (χ3v) is 16.5. The van der Waals surface area contributed by atoms with Crippen LogP contribution in [0.5, 0.6) is 5.75 Å². The Kier molecular flexibility index (Phi) is 24.9. The fourth-order valence-corrected chi connectivity index (χ4v) is 11.5. The third-order valence-electron chi connectivity index (χ3n) is 13.2. The number of carbonyl (C=O) groups excluding carboxylic acids is 11. The highest BCUT2D eigenvalue weighted by atomic mass is 33.1. The average molecular weight is 1150 g/mol. The average Bonchev–Trinajstić information content (AvgIpc) is 3.88. The zero-order chi connectivity index (χ0) is 59.4. The molecular formula is C52H76N14O12S2. The highest BCUT2D eigenvalue weighted by molar-refractivity contribution is 8.77. The van der Waals surface area contributed by atoms with Crippen molar-refractivity contribution in [2.75, 3.05) is 25.9 Å². The monoisotopic (exact) mass is 1150 g/mol. The molecule has 0 aliphatic carbocycles. The number of phenolic OH excluding ortho intramolecular Hbond substituents is 1. The van der Waals surface area contributed by atoms with Gasteiger partial charge in [-0.15, -0.1) is 0 Å². The molecule has 28 heteroatoms. The van der Waals surface area contributed by atoms with Gasteiger partial charge in [0.25, 0.3) is 0 Å². The molecule has 2 aliphatic rings. The van der Waals surface area contributed by atoms with Crippen LogP contribution in [0.25, 0.3) is 0 Å². The first-order valence-corrected chi connectivity index (χ1v) is 28.4. The number of primary amides is 3. The minimum atomic E-state index is -1.79. The Hall–Kier alpha value is -7.62. The molecular weight excluding hydrogens is 1080 g/mol. The smallest absolute Gasteiger partial charge is 0.246 e. The van der Waals surface area contributed by atoms with Crippen molar-refractivity contribution in [2.45, 2.75) is 145 Å². The summed E-state index contributed by atoms with van der Waals surface area (Å²) < 4.78 is -0.942. The highest BCUT2D eigenvalue weighted by Gasteiger charge is 2.42. The number of benzene rings is 2. The second-order valence-electron chi connectivity index (χ2n) is 20.6. The molecule has 2 saturated heterocycles. The molecule has 2 fully saturated rings. The van der Waals surface area contributed by atoms with E-state index < -0.39 is 143 Å². The molecule has 2 aliphatic heterocycles. The number of nitrogens with one attached hydrogen (secondary N) is 6. The van der Waals surface area contributed by atoms with Crippen LogP contribution in [0.1, 0.15) is 90.2 Å². The number of phenols is 1. The van der Waals surface area contributed by atoms with E-state index >= 15 is 0 Å². The number of nitrogens with zero attached hydrogens (tertiary/aromatic N) is 3. The summed E-state index contributed by atoms with van der Waals surface area (Å²) in [5.74, 6) is -10.2. The number of guanidine groups is 1. The molecule has 0 radical (unpaired) electrons. The molecule has 2 heterocycles. The molecule has 438 valence electrons. The molecule has 2 aromatic carbocycles. The van der Waals surface area contributed by atoms with Gasteiger partial charge in [0, 0.05) is 56.3 Å². The summed E-state index contributed by atoms with van der Waals surface area (Å²) in [6, 6.07) is 3.45. The summed E-state index contributed by atoms with van der Waals surface area (Å²) in [4.78, 5) is 158. The van der Waals surface area contributed by atoms with Gasteiger partial charge in [-0.25, -0.2) is 0 Å². The molecule has 8 atom stereocenters. The summed E-state index contributed by atoms with van der Waals surface area (Å²) >= 11 is 0. The van der Waals surface area contributed by atoms with Gasteiger partial charge in [-0.2, -0.15) is 0 Å². The first-order valence-electron chi connectivity index (χ1n) is 26.1. The molecule has 26 nitrogen and oxygen atoms in total. The molecule has 0 aromatic heterocycles. The molecule has 0 bridgehead atoms. The number of amides is 11. The number of aliphatic imine (C=N–C) groups is 1. The van der Waals surface area contributed by atoms with Crippen molar-refractivity contribution in [3.05, 3.63) is 65.7 Å². The largest absolute Gasteiger partial charge is 0.508 e. The minimum absolute atomic E-state index is 0.000199. The van der Waals surface area contributed by atoms with E-state index in [9.17, 15) is 57.8 Å². The molecule has 2 aromatic rings. The van der Waals surface area contributed by atoms with Gasteiger partial charge in [-0.1, -0.05) is 77.9 Å². The Bertz CT molecular complexity index is 2590. The van der Waals surface area contributed by atoms with E-state index in [4.69, 9.17) is 28.7 Å². The van der Waals surface area contributed by atoms with Crippen LogP contribution in [0.2, 0.25) is 0 Å². The lowest BCUT2D eigenvalue weighted by molar-refractivity contribution is -0.142. The highest BCUT2D eigenvalue weighted by Crippen LogP contribution is 2.39. The van der Waals surface area contributed by atoms with Crippen molar-refractivity contribution in [3.63, 3.8) is 0 Å². The number of likely N-dealkylation sites (N-methyl/N-ethyl adjacent to an activating group) is 1. The molecule has 11 amide bonds. The number of rotatable bonds is 20. The van der Waals surface area contributed by atoms with Crippen molar-refractivity contribution >= 4 is 92.5 Å². The maximum absolute atomic E-state index is 14.9. The van der Waals surface area contributed by atoms with Crippen molar-refractivity contribution in [2.24, 2.45) is 39.6 Å². The van der Waals surface area contributed by atoms with Crippen molar-refractivity contribution < 1.29 is 57.8 Å². The molecule has 0 spiro atoms. The van der Waals surface area contributed by atoms with Crippen LogP contribution >= 0.6 is 21.6 Å². The zero-order valence-corrected chi connectivity index (χ0v) is 47.2. The van der Waals surface area contributed by atoms with E-state index in [2.05, 4.69) is 36.9 Å². The van der Waals surface area contributed by atoms with E-state index in [0.29, 0.717) is 17.5 Å². The van der Waals surface area contributed by atoms with Gasteiger partial charge >= 0.3 is 0 Å². The zero-order valence-electron chi connectivity index (χ0n) is 45.6. The summed E-state index contributed by atoms with van der Waals surface area (Å²) in [5.41, 5.74) is 28.8. The Morgan fingerprint density at radius 2 is 1.40 bits per heavy atom. The van der Waals surface area contributed by atoms with Gasteiger partial charge in [0.15, 0.2) is 5.96 Å². The van der Waals surface area contributed by atoms with Crippen molar-refractivity contribution in [1.82, 2.24) is 41.7 Å². The second kappa shape index (κ2) is 30.7. The van der Waals surface area contributed by atoms with Gasteiger partial charge in [-0.3, -0.25) is 57.7 Å². The van der Waals surface area contributed by atoms with Gasteiger partial charge in [0.1, 0.15) is 54.1 Å². The lowest BCUT2D eigenvalue weighted by Gasteiger charge is -2.33. The SMILES string of the molecule is CC(C)[C@H](NC(=O)[C@H](CCCN=C(N)N)NC(=O)[C@@H]1CCCN1C(=O)[C@H]1CSSC(C)(C)CC(=O)N(C)[C@@H](Cc2ccc(O)cc2)C(=O)N[C@H](Cc2ccccc2)C(=O)N[C@@H](CCC(N)=O)C(=O)N[C@H](CC(N)=O)C(=O)N1)C(N)=O. The van der Waals surface area contributed by atoms with Gasteiger partial charge in [-0.05, 0) is 75.1 Å². The standard InChI is InChI=1S/C52H76N14O12S2/c1-28(2)42(43(55)71)64-45(73)32(13-9-21-58-51(56)57)60-48(76)37-14-10-22-66(37)50(78)36-27-79-80-52(3,4)26-41(70)65(5)38(24-30-15-17-31(67)18-16-30)49(77)62-34(23-29-11-7-6-8-12-29)46(74)59-33(19-20-39(53)68)44(72)61-35(25-40(54)69)47(75)63-36/h6-8,11-12,15-18,28,32-38,42,67H,9-10,13-14,19-27H2,1-5H3,(H2,53,68)(H2,54,69)(H2,55,71)(H,59,74)(H,60,76)(H,61,72)(H,62,77)(H,63,75)(H,64,73)(H4,56,57,58)/t32-,33-,34+,35+,36+,37-,38-,42-/m0/s1. The maximum Gasteiger partial charge on any atom is 0.246 e. The number of aromatic hydroxyl groups is 1. The molecule has 0 unspecified atom stereocenters. The van der Waals surface area contributed by atoms with Crippen LogP contribution in [0.15, 0.2) is 59.6 Å². The van der Waals surface area contributed by atoms with Crippen LogP contribution in [0.4, 0.5) is 0 Å². The fraction of sp³-hybridized carbons (Fsp3) is 0.538. The predicted octanol–water partition coefficient (Wildman–Crippen LogP) is -2.20. The Balaban J connectivity index is 1.77. The van der Waals surface area contributed by atoms with Gasteiger partial charge in [0.2, 0.25) is 65.0 Å². The lowest BCUT2D eigenvalue weighted by atomic mass is 10.00. The Labute approximate surface area is 472 Å². The topological polar surface area (TPSA) is 429 Å². The number of hydrogen-bond donors (Lipinski definition) is 12. The summed E-state index contributed by atoms with van der Waals surface area (Å²) in [6.07, 6.45) is -1.42. The van der Waals surface area contributed by atoms with Crippen LogP contribution in [0, 0.1) is 5.92 Å². The van der Waals surface area contributed by atoms with Crippen molar-refractivity contribution in [3.8, 4) is 5.75 Å². The van der Waals surface area contributed by atoms with E-state index in [-0.39, 0.29) is 69.1 Å². The summed E-state index contributed by atoms with van der Waals surface area (Å²) in [5, 5.41) is 25.7. The van der Waals surface area contributed by atoms with E-state index in [1.54, 1.807) is 70.2 Å². The van der Waals surface area contributed by atoms with Gasteiger partial charge < -0.3 is 75.5 Å². The minimum Gasteiger partial charge on any atom is -0.508 e. The van der Waals surface area contributed by atoms with Crippen LogP contribution in [0.3, 0.4) is 0 Å². The lowest BCUT2D eigenvalue weighted by Crippen LogP contribution is -2.61. The first-order chi connectivity index (χ1) is 37.7. The summed E-state index contributed by atoms with van der Waals surface area (Å²) in [6.45, 7) is 6.94. The Morgan fingerprint density at radius 1 is 0.787 bits per heavy atom. The molecule has 0 saturated carbocycles. The summed E-state index contributed by atoms with van der Waals surface area (Å²) in [7, 11) is 3.68. The predicted molar refractivity (Wildman–Crippen MR) is 300 cm³/mol. The number of nitrogens with two attached hydrogens (primary N) is 5. The molecule has 17 N–H and O–H groups in total. The first kappa shape index (κ1) is 64.9. The normalized spacial score (nSPS) is 22.3. The van der Waals surface area contributed by atoms with Crippen LogP contribution in [-0.2, 0) is 65.6 Å². The maximum atomic E-state index is 14.9.